The molecule has 0 amide bonds. The summed E-state index contributed by atoms with van der Waals surface area (Å²) in [5, 5.41) is 0. The summed E-state index contributed by atoms with van der Waals surface area (Å²) < 4.78 is 68.7. The molecule has 9 nitrogen and oxygen atoms in total. The number of hydrogen-bond donors (Lipinski definition) is 0. The van der Waals surface area contributed by atoms with Crippen molar-refractivity contribution in [1.29, 1.82) is 0 Å². The smallest absolute Gasteiger partial charge is 0.432 e. The number of halogens is 3. The Bertz CT molecular complexity index is 1340. The largest absolute Gasteiger partial charge is 0.463 e. The molecule has 1 fully saturated rings. The third-order valence-electron chi connectivity index (χ3n) is 8.63. The van der Waals surface area contributed by atoms with Gasteiger partial charge in [-0.25, -0.2) is 19.2 Å². The van der Waals surface area contributed by atoms with Crippen molar-refractivity contribution >= 4 is 23.9 Å². The van der Waals surface area contributed by atoms with Gasteiger partial charge in [0.15, 0.2) is 0 Å². The van der Waals surface area contributed by atoms with Crippen LogP contribution in [0.15, 0.2) is 54.6 Å². The fourth-order valence-corrected chi connectivity index (χ4v) is 6.04. The Balaban J connectivity index is 1.86. The first kappa shape index (κ1) is 38.5. The van der Waals surface area contributed by atoms with Crippen molar-refractivity contribution in [3.63, 3.8) is 0 Å². The molecule has 0 N–H and O–H groups in total. The van der Waals surface area contributed by atoms with Crippen molar-refractivity contribution in [3.8, 4) is 0 Å². The van der Waals surface area contributed by atoms with E-state index in [-0.39, 0.29) is 18.8 Å². The third-order valence-corrected chi connectivity index (χ3v) is 8.63. The summed E-state index contributed by atoms with van der Waals surface area (Å²) in [5.41, 5.74) is -3.31. The standard InChI is InChI=1S/C36H45F3O9/c1-5-8-10-13-24-16-18-25(19-17-24)26-20-22-27(23-21-26)31(40)47-29(32(41)45-6-2)30(33(42)46-7-3)48-34(43)35(44-4,36(37,38)39)28-14-11-9-12-15-28/h9,11-12,14-15,20-25,29-30H,5-8,10,13,16-19H2,1-4H3/t24?,25?,29?,30-,35-/m1/s1. The highest BCUT2D eigenvalue weighted by atomic mass is 19.4. The summed E-state index contributed by atoms with van der Waals surface area (Å²) in [6.45, 7) is 4.46. The molecule has 2 aromatic carbocycles. The van der Waals surface area contributed by atoms with Gasteiger partial charge in [0, 0.05) is 12.7 Å². The Morgan fingerprint density at radius 2 is 1.33 bits per heavy atom. The minimum atomic E-state index is -5.38. The molecule has 12 heteroatoms. The zero-order valence-electron chi connectivity index (χ0n) is 27.9. The predicted octanol–water partition coefficient (Wildman–Crippen LogP) is 7.21. The summed E-state index contributed by atoms with van der Waals surface area (Å²) in [4.78, 5) is 52.8. The van der Waals surface area contributed by atoms with Crippen LogP contribution in [0.4, 0.5) is 13.2 Å². The molecule has 0 aliphatic heterocycles. The number of esters is 4. The highest BCUT2D eigenvalue weighted by Crippen LogP contribution is 2.43. The molecule has 0 saturated heterocycles. The lowest BCUT2D eigenvalue weighted by Crippen LogP contribution is -2.55. The second-order valence-electron chi connectivity index (χ2n) is 11.7. The fourth-order valence-electron chi connectivity index (χ4n) is 6.04. The van der Waals surface area contributed by atoms with Gasteiger partial charge in [0.05, 0.1) is 18.8 Å². The van der Waals surface area contributed by atoms with Crippen molar-refractivity contribution in [2.24, 2.45) is 5.92 Å². The van der Waals surface area contributed by atoms with E-state index >= 15 is 0 Å². The maximum Gasteiger partial charge on any atom is 0.432 e. The van der Waals surface area contributed by atoms with Gasteiger partial charge in [-0.1, -0.05) is 75.1 Å². The molecule has 48 heavy (non-hydrogen) atoms. The Morgan fingerprint density at radius 1 is 0.771 bits per heavy atom. The normalized spacial score (nSPS) is 18.9. The molecule has 0 bridgehead atoms. The molecule has 1 saturated carbocycles. The average molecular weight is 679 g/mol. The summed E-state index contributed by atoms with van der Waals surface area (Å²) in [7, 11) is 0.646. The number of carbonyl (C=O) groups excluding carboxylic acids is 4. The minimum Gasteiger partial charge on any atom is -0.463 e. The van der Waals surface area contributed by atoms with Crippen LogP contribution in [0, 0.1) is 5.92 Å². The quantitative estimate of drug-likeness (QED) is 0.103. The number of methoxy groups -OCH3 is 1. The van der Waals surface area contributed by atoms with E-state index in [9.17, 15) is 32.3 Å². The average Bonchev–Trinajstić information content (AvgIpc) is 3.07. The van der Waals surface area contributed by atoms with Crippen molar-refractivity contribution in [2.75, 3.05) is 20.3 Å². The molecule has 3 atom stereocenters. The summed E-state index contributed by atoms with van der Waals surface area (Å²) in [5.74, 6) is -4.90. The number of unbranched alkanes of at least 4 members (excludes halogenated alkanes) is 2. The Morgan fingerprint density at radius 3 is 1.83 bits per heavy atom. The minimum absolute atomic E-state index is 0.000973. The van der Waals surface area contributed by atoms with Gasteiger partial charge < -0.3 is 23.7 Å². The molecule has 2 aromatic rings. The number of ether oxygens (including phenoxy) is 5. The number of hydrogen-bond acceptors (Lipinski definition) is 9. The Kier molecular flexibility index (Phi) is 14.4. The van der Waals surface area contributed by atoms with E-state index in [1.807, 2.05) is 0 Å². The van der Waals surface area contributed by atoms with Gasteiger partial charge >= 0.3 is 30.1 Å². The van der Waals surface area contributed by atoms with Crippen LogP contribution in [0.5, 0.6) is 0 Å². The number of rotatable bonds is 16. The van der Waals surface area contributed by atoms with Gasteiger partial charge in [0.25, 0.3) is 5.60 Å². The molecule has 264 valence electrons. The molecule has 1 aliphatic carbocycles. The second-order valence-corrected chi connectivity index (χ2v) is 11.7. The summed E-state index contributed by atoms with van der Waals surface area (Å²) in [6.07, 6.45) is -0.901. The van der Waals surface area contributed by atoms with Crippen molar-refractivity contribution < 1.29 is 56.0 Å². The highest BCUT2D eigenvalue weighted by Gasteiger charge is 2.65. The van der Waals surface area contributed by atoms with Crippen molar-refractivity contribution in [1.82, 2.24) is 0 Å². The fraction of sp³-hybridized carbons (Fsp3) is 0.556. The molecule has 1 unspecified atom stereocenters. The lowest BCUT2D eigenvalue weighted by atomic mass is 9.77. The van der Waals surface area contributed by atoms with Gasteiger partial charge in [0.2, 0.25) is 12.2 Å². The molecular weight excluding hydrogens is 633 g/mol. The van der Waals surface area contributed by atoms with E-state index in [4.69, 9.17) is 23.7 Å². The summed E-state index contributed by atoms with van der Waals surface area (Å²) >= 11 is 0. The number of carbonyl (C=O) groups is 4. The maximum atomic E-state index is 14.6. The van der Waals surface area contributed by atoms with E-state index in [0.717, 1.165) is 49.3 Å². The predicted molar refractivity (Wildman–Crippen MR) is 169 cm³/mol. The first-order valence-corrected chi connectivity index (χ1v) is 16.5. The van der Waals surface area contributed by atoms with E-state index in [2.05, 4.69) is 6.92 Å². The molecule has 1 aliphatic rings. The van der Waals surface area contributed by atoms with Crippen LogP contribution in [-0.4, -0.2) is 62.6 Å². The molecule has 3 rings (SSSR count). The maximum absolute atomic E-state index is 14.6. The molecule has 0 spiro atoms. The van der Waals surface area contributed by atoms with Crippen LogP contribution in [0.3, 0.4) is 0 Å². The van der Waals surface area contributed by atoms with E-state index < -0.39 is 53.4 Å². The third kappa shape index (κ3) is 9.36. The van der Waals surface area contributed by atoms with Gasteiger partial charge in [-0.3, -0.25) is 0 Å². The SMILES string of the molecule is CCCCCC1CCC(c2ccc(C(=O)OC(C(=O)OCC)[C@@H](OC(=O)[C@](OC)(c3ccccc3)C(F)(F)F)C(=O)OCC)cc2)CC1. The van der Waals surface area contributed by atoms with Gasteiger partial charge in [0.1, 0.15) is 0 Å². The van der Waals surface area contributed by atoms with E-state index in [1.165, 1.54) is 69.9 Å². The van der Waals surface area contributed by atoms with E-state index in [0.29, 0.717) is 13.0 Å². The second kappa shape index (κ2) is 18.0. The van der Waals surface area contributed by atoms with Gasteiger partial charge in [-0.2, -0.15) is 13.2 Å². The van der Waals surface area contributed by atoms with Crippen LogP contribution in [0.2, 0.25) is 0 Å². The lowest BCUT2D eigenvalue weighted by molar-refractivity contribution is -0.279. The molecule has 0 radical (unpaired) electrons. The zero-order valence-corrected chi connectivity index (χ0v) is 27.9. The Hall–Kier alpha value is -3.93. The molecule has 0 heterocycles. The van der Waals surface area contributed by atoms with Crippen molar-refractivity contribution in [2.45, 2.75) is 102 Å². The van der Waals surface area contributed by atoms with Gasteiger partial charge in [-0.15, -0.1) is 0 Å². The van der Waals surface area contributed by atoms with Crippen LogP contribution in [0.1, 0.15) is 99.5 Å². The molecule has 0 aromatic heterocycles. The van der Waals surface area contributed by atoms with Crippen molar-refractivity contribution in [3.05, 3.63) is 71.3 Å². The number of benzene rings is 2. The van der Waals surface area contributed by atoms with E-state index in [1.54, 1.807) is 12.1 Å². The lowest BCUT2D eigenvalue weighted by Gasteiger charge is -2.34. The first-order chi connectivity index (χ1) is 22.9. The summed E-state index contributed by atoms with van der Waals surface area (Å²) in [6, 6.07) is 12.5. The monoisotopic (exact) mass is 678 g/mol. The van der Waals surface area contributed by atoms with Crippen LogP contribution in [-0.2, 0) is 43.7 Å². The Labute approximate surface area is 279 Å². The topological polar surface area (TPSA) is 114 Å². The molecular formula is C36H45F3O9. The first-order valence-electron chi connectivity index (χ1n) is 16.5. The van der Waals surface area contributed by atoms with Crippen LogP contribution in [0.25, 0.3) is 0 Å². The highest BCUT2D eigenvalue weighted by molar-refractivity contribution is 5.94. The zero-order chi connectivity index (χ0) is 35.3. The van der Waals surface area contributed by atoms with Crippen LogP contribution >= 0.6 is 0 Å². The number of alkyl halides is 3. The van der Waals surface area contributed by atoms with Crippen LogP contribution < -0.4 is 0 Å². The van der Waals surface area contributed by atoms with Gasteiger partial charge in [-0.05, 0) is 69.1 Å².